The highest BCUT2D eigenvalue weighted by molar-refractivity contribution is 7.93. The van der Waals surface area contributed by atoms with Crippen LogP contribution in [0.25, 0.3) is 16.6 Å². The molecule has 2 aromatic carbocycles. The van der Waals surface area contributed by atoms with E-state index >= 15 is 0 Å². The topological polar surface area (TPSA) is 138 Å². The van der Waals surface area contributed by atoms with Crippen molar-refractivity contribution in [1.82, 2.24) is 14.4 Å². The van der Waals surface area contributed by atoms with Crippen LogP contribution in [0.2, 0.25) is 0 Å². The number of nitrogens with one attached hydrogen (secondary N) is 3. The minimum atomic E-state index is -3.84. The van der Waals surface area contributed by atoms with Crippen LogP contribution in [0.3, 0.4) is 0 Å². The van der Waals surface area contributed by atoms with Gasteiger partial charge in [0, 0.05) is 35.2 Å². The van der Waals surface area contributed by atoms with Crippen molar-refractivity contribution < 1.29 is 8.42 Å². The predicted octanol–water partition coefficient (Wildman–Crippen LogP) is 4.00. The second kappa shape index (κ2) is 9.61. The third kappa shape index (κ3) is 5.03. The number of amidine groups is 1. The second-order valence-electron chi connectivity index (χ2n) is 7.70. The molecule has 0 fully saturated rings. The Balaban J connectivity index is 0.00000289. The first-order chi connectivity index (χ1) is 16.4. The Morgan fingerprint density at radius 2 is 1.71 bits per heavy atom. The molecular weight excluding hydrogens is 486 g/mol. The lowest BCUT2D eigenvalue weighted by atomic mass is 10.2. The van der Waals surface area contributed by atoms with Crippen molar-refractivity contribution in [2.45, 2.75) is 11.4 Å². The summed E-state index contributed by atoms with van der Waals surface area (Å²) in [5.74, 6) is 0.0232. The van der Waals surface area contributed by atoms with Crippen molar-refractivity contribution in [3.8, 4) is 0 Å². The van der Waals surface area contributed by atoms with E-state index in [0.29, 0.717) is 29.0 Å². The first kappa shape index (κ1) is 24.0. The van der Waals surface area contributed by atoms with Gasteiger partial charge in [0.2, 0.25) is 0 Å². The molecule has 9 nitrogen and oxygen atoms in total. The van der Waals surface area contributed by atoms with Gasteiger partial charge in [-0.05, 0) is 48.5 Å². The maximum Gasteiger partial charge on any atom is 0.264 e. The van der Waals surface area contributed by atoms with E-state index < -0.39 is 10.0 Å². The summed E-state index contributed by atoms with van der Waals surface area (Å²) in [7, 11) is -3.84. The summed E-state index contributed by atoms with van der Waals surface area (Å²) in [5.41, 5.74) is 9.33. The van der Waals surface area contributed by atoms with Crippen molar-refractivity contribution in [2.24, 2.45) is 5.73 Å². The molecule has 0 aliphatic heterocycles. The maximum absolute atomic E-state index is 13.1. The summed E-state index contributed by atoms with van der Waals surface area (Å²) < 4.78 is 30.6. The van der Waals surface area contributed by atoms with Gasteiger partial charge in [0.1, 0.15) is 16.4 Å². The number of aromatic nitrogens is 3. The molecule has 11 heteroatoms. The Hall–Kier alpha value is -4.15. The van der Waals surface area contributed by atoms with Gasteiger partial charge >= 0.3 is 0 Å². The van der Waals surface area contributed by atoms with E-state index in [2.05, 4.69) is 20.0 Å². The Kier molecular flexibility index (Phi) is 6.59. The highest BCUT2D eigenvalue weighted by atomic mass is 35.5. The fraction of sp³-hybridized carbons (Fsp3) is 0.0417. The molecule has 0 radical (unpaired) electrons. The van der Waals surface area contributed by atoms with Crippen LogP contribution < -0.4 is 15.8 Å². The van der Waals surface area contributed by atoms with E-state index in [1.807, 2.05) is 30.5 Å². The van der Waals surface area contributed by atoms with E-state index in [1.165, 1.54) is 0 Å². The minimum absolute atomic E-state index is 0. The number of hydrogen-bond acceptors (Lipinski definition) is 6. The molecule has 5 rings (SSSR count). The summed E-state index contributed by atoms with van der Waals surface area (Å²) in [6.45, 7) is 0.476. The predicted molar refractivity (Wildman–Crippen MR) is 140 cm³/mol. The van der Waals surface area contributed by atoms with Crippen LogP contribution in [0.4, 0.5) is 11.4 Å². The van der Waals surface area contributed by atoms with Crippen LogP contribution in [0.15, 0.2) is 90.2 Å². The molecule has 0 atom stereocenters. The quantitative estimate of drug-likeness (QED) is 0.194. The summed E-state index contributed by atoms with van der Waals surface area (Å²) in [6, 6.07) is 19.3. The van der Waals surface area contributed by atoms with E-state index in [-0.39, 0.29) is 23.1 Å². The van der Waals surface area contributed by atoms with Crippen molar-refractivity contribution in [2.75, 3.05) is 10.0 Å². The number of rotatable bonds is 7. The lowest BCUT2D eigenvalue weighted by Crippen LogP contribution is -2.14. The van der Waals surface area contributed by atoms with Gasteiger partial charge in [0.05, 0.1) is 23.4 Å². The van der Waals surface area contributed by atoms with Crippen molar-refractivity contribution in [3.05, 3.63) is 96.6 Å². The van der Waals surface area contributed by atoms with Gasteiger partial charge in [-0.15, -0.1) is 12.4 Å². The van der Waals surface area contributed by atoms with Gasteiger partial charge in [-0.3, -0.25) is 15.1 Å². The summed E-state index contributed by atoms with van der Waals surface area (Å²) in [6.07, 6.45) is 5.10. The number of fused-ring (bicyclic) bond motifs is 2. The zero-order valence-corrected chi connectivity index (χ0v) is 20.0. The van der Waals surface area contributed by atoms with Crippen LogP contribution in [-0.2, 0) is 16.6 Å². The van der Waals surface area contributed by atoms with Crippen molar-refractivity contribution in [3.63, 3.8) is 0 Å². The minimum Gasteiger partial charge on any atom is -0.384 e. The molecule has 0 unspecified atom stereocenters. The number of anilines is 2. The van der Waals surface area contributed by atoms with E-state index in [4.69, 9.17) is 11.1 Å². The van der Waals surface area contributed by atoms with Crippen LogP contribution in [0, 0.1) is 5.41 Å². The van der Waals surface area contributed by atoms with Crippen LogP contribution in [0.1, 0.15) is 11.3 Å². The number of para-hydroxylation sites is 1. The van der Waals surface area contributed by atoms with Crippen LogP contribution in [-0.4, -0.2) is 28.6 Å². The van der Waals surface area contributed by atoms with Gasteiger partial charge in [-0.1, -0.05) is 18.2 Å². The third-order valence-corrected chi connectivity index (χ3v) is 6.72. The standard InChI is InChI=1S/C24H21N7O2S.ClH/c25-24(26)17-6-8-18(9-7-17)28-13-20-15-31-14-19(10-11-22(31)29-20)30-34(32,33)21-5-1-3-16-4-2-12-27-23(16)21;/h1-12,14-15,28,30H,13H2,(H3,25,26);1H. The average Bonchev–Trinajstić information content (AvgIpc) is 3.24. The molecule has 0 aliphatic rings. The molecule has 178 valence electrons. The van der Waals surface area contributed by atoms with Crippen LogP contribution >= 0.6 is 12.4 Å². The van der Waals surface area contributed by atoms with Gasteiger partial charge in [-0.2, -0.15) is 0 Å². The van der Waals surface area contributed by atoms with E-state index in [1.54, 1.807) is 59.3 Å². The molecule has 3 heterocycles. The number of pyridine rings is 2. The molecule has 0 saturated carbocycles. The molecular formula is C24H22ClN7O2S. The highest BCUT2D eigenvalue weighted by Gasteiger charge is 2.18. The fourth-order valence-electron chi connectivity index (χ4n) is 3.65. The van der Waals surface area contributed by atoms with Gasteiger partial charge in [0.25, 0.3) is 10.0 Å². The second-order valence-corrected chi connectivity index (χ2v) is 9.35. The highest BCUT2D eigenvalue weighted by Crippen LogP contribution is 2.23. The summed E-state index contributed by atoms with van der Waals surface area (Å²) in [5, 5.41) is 11.5. The van der Waals surface area contributed by atoms with E-state index in [9.17, 15) is 8.42 Å². The molecule has 0 saturated heterocycles. The Bertz CT molecular complexity index is 1630. The first-order valence-electron chi connectivity index (χ1n) is 10.4. The summed E-state index contributed by atoms with van der Waals surface area (Å²) in [4.78, 5) is 8.93. The zero-order valence-electron chi connectivity index (χ0n) is 18.3. The number of halogens is 1. The number of imidazole rings is 1. The molecule has 0 amide bonds. The molecule has 3 aromatic heterocycles. The molecule has 0 aliphatic carbocycles. The molecule has 5 aromatic rings. The number of nitrogens with zero attached hydrogens (tertiary/aromatic N) is 3. The molecule has 35 heavy (non-hydrogen) atoms. The summed E-state index contributed by atoms with van der Waals surface area (Å²) >= 11 is 0. The molecule has 0 bridgehead atoms. The Morgan fingerprint density at radius 3 is 2.49 bits per heavy atom. The average molecular weight is 508 g/mol. The van der Waals surface area contributed by atoms with Crippen molar-refractivity contribution in [1.29, 1.82) is 5.41 Å². The lowest BCUT2D eigenvalue weighted by molar-refractivity contribution is 0.602. The Morgan fingerprint density at radius 1 is 0.971 bits per heavy atom. The monoisotopic (exact) mass is 507 g/mol. The van der Waals surface area contributed by atoms with Crippen LogP contribution in [0.5, 0.6) is 0 Å². The van der Waals surface area contributed by atoms with Gasteiger partial charge in [0.15, 0.2) is 0 Å². The van der Waals surface area contributed by atoms with Gasteiger partial charge < -0.3 is 15.5 Å². The fourth-order valence-corrected chi connectivity index (χ4v) is 4.88. The number of hydrogen-bond donors (Lipinski definition) is 4. The van der Waals surface area contributed by atoms with Gasteiger partial charge in [-0.25, -0.2) is 13.4 Å². The van der Waals surface area contributed by atoms with E-state index in [0.717, 1.165) is 16.8 Å². The number of nitrogen functional groups attached to an aromatic ring is 1. The maximum atomic E-state index is 13.1. The number of benzene rings is 2. The first-order valence-corrected chi connectivity index (χ1v) is 11.9. The largest absolute Gasteiger partial charge is 0.384 e. The molecule has 5 N–H and O–H groups in total. The normalized spacial score (nSPS) is 11.2. The number of sulfonamides is 1. The third-order valence-electron chi connectivity index (χ3n) is 5.31. The molecule has 0 spiro atoms. The van der Waals surface area contributed by atoms with Crippen molar-refractivity contribution >= 4 is 56.2 Å². The lowest BCUT2D eigenvalue weighted by Gasteiger charge is -2.10. The zero-order chi connectivity index (χ0) is 23.7. The number of nitrogens with two attached hydrogens (primary N) is 1. The smallest absolute Gasteiger partial charge is 0.264 e. The SMILES string of the molecule is Cl.N=C(N)c1ccc(NCc2cn3cc(NS(=O)(=O)c4cccc5cccnc45)ccc3n2)cc1. The Labute approximate surface area is 208 Å².